The maximum absolute atomic E-state index is 12.9. The molecule has 2 amide bonds. The highest BCUT2D eigenvalue weighted by Gasteiger charge is 2.34. The Kier molecular flexibility index (Phi) is 6.59. The van der Waals surface area contributed by atoms with Crippen molar-refractivity contribution in [2.45, 2.75) is 39.3 Å². The Bertz CT molecular complexity index is 1210. The van der Waals surface area contributed by atoms with Crippen molar-refractivity contribution < 1.29 is 28.8 Å². The molecular formula is C26H27N3O6. The minimum Gasteiger partial charge on any atom is -0.476 e. The van der Waals surface area contributed by atoms with Crippen LogP contribution in [0.5, 0.6) is 0 Å². The van der Waals surface area contributed by atoms with Gasteiger partial charge in [-0.2, -0.15) is 0 Å². The fraction of sp³-hybridized carbons (Fsp3) is 0.308. The first-order chi connectivity index (χ1) is 16.6. The van der Waals surface area contributed by atoms with Crippen molar-refractivity contribution in [3.05, 3.63) is 77.2 Å². The van der Waals surface area contributed by atoms with Gasteiger partial charge in [0.15, 0.2) is 11.5 Å². The third kappa shape index (κ3) is 5.18. The third-order valence-electron chi connectivity index (χ3n) is 5.95. The summed E-state index contributed by atoms with van der Waals surface area (Å²) in [6.07, 6.45) is -0.699. The van der Waals surface area contributed by atoms with E-state index < -0.39 is 29.4 Å². The zero-order valence-corrected chi connectivity index (χ0v) is 19.7. The van der Waals surface area contributed by atoms with Gasteiger partial charge in [-0.05, 0) is 27.7 Å². The van der Waals surface area contributed by atoms with Crippen LogP contribution in [0.15, 0.2) is 59.1 Å². The number of fused-ring (bicyclic) bond motifs is 3. The maximum Gasteiger partial charge on any atom is 0.407 e. The number of hydrogen-bond donors (Lipinski definition) is 3. The zero-order valence-electron chi connectivity index (χ0n) is 19.7. The van der Waals surface area contributed by atoms with Crippen LogP contribution in [0.4, 0.5) is 4.79 Å². The molecule has 1 heterocycles. The van der Waals surface area contributed by atoms with Gasteiger partial charge in [0.2, 0.25) is 5.91 Å². The van der Waals surface area contributed by atoms with Crippen molar-refractivity contribution in [2.75, 3.05) is 6.61 Å². The first-order valence-corrected chi connectivity index (χ1v) is 11.2. The molecule has 0 aliphatic heterocycles. The van der Waals surface area contributed by atoms with E-state index in [1.54, 1.807) is 0 Å². The molecule has 1 atom stereocenters. The minimum atomic E-state index is -1.23. The first kappa shape index (κ1) is 24.0. The van der Waals surface area contributed by atoms with E-state index in [0.717, 1.165) is 22.3 Å². The van der Waals surface area contributed by atoms with Crippen molar-refractivity contribution in [1.29, 1.82) is 0 Å². The topological polar surface area (TPSA) is 131 Å². The number of nitrogens with one attached hydrogen (secondary N) is 2. The number of hydrogen-bond acceptors (Lipinski definition) is 6. The van der Waals surface area contributed by atoms with Gasteiger partial charge in [-0.1, -0.05) is 74.5 Å². The number of alkyl carbamates (subject to hydrolysis) is 1. The van der Waals surface area contributed by atoms with Crippen LogP contribution in [0.2, 0.25) is 0 Å². The predicted molar refractivity (Wildman–Crippen MR) is 127 cm³/mol. The molecule has 3 aromatic rings. The number of benzene rings is 2. The van der Waals surface area contributed by atoms with E-state index in [1.807, 2.05) is 57.2 Å². The second kappa shape index (κ2) is 9.61. The number of nitrogens with zero attached hydrogens (tertiary/aromatic N) is 1. The maximum atomic E-state index is 12.9. The molecule has 2 aromatic carbocycles. The van der Waals surface area contributed by atoms with Crippen LogP contribution in [0.1, 0.15) is 54.1 Å². The molecule has 0 saturated heterocycles. The first-order valence-electron chi connectivity index (χ1n) is 11.2. The number of aromatic carboxylic acids is 1. The number of carboxylic acid groups (broad SMARTS) is 1. The average Bonchev–Trinajstić information content (AvgIpc) is 3.42. The quantitative estimate of drug-likeness (QED) is 0.470. The highest BCUT2D eigenvalue weighted by molar-refractivity contribution is 5.87. The summed E-state index contributed by atoms with van der Waals surface area (Å²) in [6, 6.07) is 16.4. The Morgan fingerprint density at radius 3 is 2.20 bits per heavy atom. The van der Waals surface area contributed by atoms with Gasteiger partial charge in [-0.25, -0.2) is 9.59 Å². The van der Waals surface area contributed by atoms with Crippen molar-refractivity contribution in [1.82, 2.24) is 15.8 Å². The SMILES string of the molecule is CC(C)(C)[C@@H](NC(=O)OCC1c2ccccc2-c2ccccc21)C(=O)NCc1cc(C(=O)O)no1. The Balaban J connectivity index is 1.39. The molecule has 9 nitrogen and oxygen atoms in total. The monoisotopic (exact) mass is 477 g/mol. The molecule has 182 valence electrons. The van der Waals surface area contributed by atoms with Gasteiger partial charge in [0.25, 0.3) is 0 Å². The lowest BCUT2D eigenvalue weighted by Gasteiger charge is -2.30. The van der Waals surface area contributed by atoms with Gasteiger partial charge >= 0.3 is 12.1 Å². The minimum absolute atomic E-state index is 0.0714. The fourth-order valence-electron chi connectivity index (χ4n) is 4.21. The van der Waals surface area contributed by atoms with Gasteiger partial charge in [0.05, 0.1) is 6.54 Å². The van der Waals surface area contributed by atoms with Crippen LogP contribution in [-0.4, -0.2) is 40.9 Å². The highest BCUT2D eigenvalue weighted by Crippen LogP contribution is 2.44. The van der Waals surface area contributed by atoms with Crippen LogP contribution in [-0.2, 0) is 16.1 Å². The van der Waals surface area contributed by atoms with Crippen molar-refractivity contribution in [3.63, 3.8) is 0 Å². The molecule has 0 saturated carbocycles. The van der Waals surface area contributed by atoms with E-state index in [1.165, 1.54) is 6.07 Å². The molecule has 1 aliphatic carbocycles. The van der Waals surface area contributed by atoms with Crippen molar-refractivity contribution in [2.24, 2.45) is 5.41 Å². The summed E-state index contributed by atoms with van der Waals surface area (Å²) in [5, 5.41) is 17.7. The van der Waals surface area contributed by atoms with E-state index >= 15 is 0 Å². The van der Waals surface area contributed by atoms with E-state index in [9.17, 15) is 14.4 Å². The number of rotatable bonds is 7. The fourth-order valence-corrected chi connectivity index (χ4v) is 4.21. The summed E-state index contributed by atoms with van der Waals surface area (Å²) in [4.78, 5) is 36.5. The van der Waals surface area contributed by atoms with Gasteiger partial charge in [-0.3, -0.25) is 4.79 Å². The van der Waals surface area contributed by atoms with E-state index in [2.05, 4.69) is 27.9 Å². The number of carbonyl (C=O) groups excluding carboxylic acids is 2. The van der Waals surface area contributed by atoms with Crippen LogP contribution >= 0.6 is 0 Å². The Hall–Kier alpha value is -4.14. The van der Waals surface area contributed by atoms with Crippen LogP contribution in [0.25, 0.3) is 11.1 Å². The second-order valence-corrected chi connectivity index (χ2v) is 9.47. The summed E-state index contributed by atoms with van der Waals surface area (Å²) in [7, 11) is 0. The molecule has 35 heavy (non-hydrogen) atoms. The number of ether oxygens (including phenoxy) is 1. The summed E-state index contributed by atoms with van der Waals surface area (Å²) in [5.41, 5.74) is 3.57. The number of carbonyl (C=O) groups is 3. The second-order valence-electron chi connectivity index (χ2n) is 9.47. The number of carboxylic acids is 1. The largest absolute Gasteiger partial charge is 0.476 e. The average molecular weight is 478 g/mol. The van der Waals surface area contributed by atoms with E-state index in [0.29, 0.717) is 0 Å². The van der Waals surface area contributed by atoms with Crippen molar-refractivity contribution in [3.8, 4) is 11.1 Å². The molecule has 0 spiro atoms. The highest BCUT2D eigenvalue weighted by atomic mass is 16.5. The molecule has 3 N–H and O–H groups in total. The summed E-state index contributed by atoms with van der Waals surface area (Å²) in [5.74, 6) is -1.59. The Morgan fingerprint density at radius 2 is 1.66 bits per heavy atom. The summed E-state index contributed by atoms with van der Waals surface area (Å²) >= 11 is 0. The molecule has 1 aliphatic rings. The molecule has 0 unspecified atom stereocenters. The Morgan fingerprint density at radius 1 is 1.06 bits per heavy atom. The number of aromatic nitrogens is 1. The standard InChI is InChI=1S/C26H27N3O6/c1-26(2,3)22(23(30)27-13-15-12-21(24(31)32)29-35-15)28-25(33)34-14-20-18-10-6-4-8-16(18)17-9-5-7-11-19(17)20/h4-12,20,22H,13-14H2,1-3H3,(H,27,30)(H,28,33)(H,31,32)/t22-/m0/s1. The Labute approximate surface area is 202 Å². The van der Waals surface area contributed by atoms with Gasteiger partial charge in [-0.15, -0.1) is 0 Å². The molecule has 0 bridgehead atoms. The zero-order chi connectivity index (χ0) is 25.2. The molecule has 1 aromatic heterocycles. The summed E-state index contributed by atoms with van der Waals surface area (Å²) < 4.78 is 10.5. The normalized spacial score (nSPS) is 13.5. The lowest BCUT2D eigenvalue weighted by atomic mass is 9.86. The van der Waals surface area contributed by atoms with Crippen LogP contribution < -0.4 is 10.6 Å². The van der Waals surface area contributed by atoms with E-state index in [-0.39, 0.29) is 30.5 Å². The van der Waals surface area contributed by atoms with Gasteiger partial charge < -0.3 is 25.0 Å². The smallest absolute Gasteiger partial charge is 0.407 e. The lowest BCUT2D eigenvalue weighted by molar-refractivity contribution is -0.125. The van der Waals surface area contributed by atoms with Crippen LogP contribution in [0.3, 0.4) is 0 Å². The molecule has 9 heteroatoms. The number of amides is 2. The molecule has 0 radical (unpaired) electrons. The summed E-state index contributed by atoms with van der Waals surface area (Å²) in [6.45, 7) is 5.51. The van der Waals surface area contributed by atoms with E-state index in [4.69, 9.17) is 14.4 Å². The lowest BCUT2D eigenvalue weighted by Crippen LogP contribution is -2.53. The molecule has 0 fully saturated rings. The molecule has 4 rings (SSSR count). The molecular weight excluding hydrogens is 450 g/mol. The van der Waals surface area contributed by atoms with Crippen LogP contribution in [0, 0.1) is 5.41 Å². The van der Waals surface area contributed by atoms with Gasteiger partial charge in [0.1, 0.15) is 12.6 Å². The van der Waals surface area contributed by atoms with Crippen molar-refractivity contribution >= 4 is 18.0 Å². The third-order valence-corrected chi connectivity index (χ3v) is 5.95. The predicted octanol–water partition coefficient (Wildman–Crippen LogP) is 3.94. The van der Waals surface area contributed by atoms with Gasteiger partial charge in [0, 0.05) is 12.0 Å².